The van der Waals surface area contributed by atoms with Gasteiger partial charge < -0.3 is 25.6 Å². The van der Waals surface area contributed by atoms with Crippen LogP contribution in [-0.4, -0.2) is 62.2 Å². The van der Waals surface area contributed by atoms with E-state index >= 15 is 0 Å². The number of carboxylic acids is 1. The molecule has 0 spiro atoms. The molecule has 8 rings (SSSR count). The van der Waals surface area contributed by atoms with Gasteiger partial charge >= 0.3 is 17.9 Å². The fourth-order valence-electron chi connectivity index (χ4n) is 8.99. The number of esters is 2. The van der Waals surface area contributed by atoms with Gasteiger partial charge in [0.05, 0.1) is 67.6 Å². The van der Waals surface area contributed by atoms with Crippen LogP contribution in [0.4, 0.5) is 0 Å². The van der Waals surface area contributed by atoms with Crippen molar-refractivity contribution in [1.29, 1.82) is 0 Å². The molecule has 0 aliphatic carbocycles. The number of carbonyl (C=O) groups is 4. The molecule has 4 atom stereocenters. The summed E-state index contributed by atoms with van der Waals surface area (Å²) in [4.78, 5) is 83.0. The Morgan fingerprint density at radius 2 is 1.00 bits per heavy atom. The van der Waals surface area contributed by atoms with E-state index in [0.29, 0.717) is 34.6 Å². The zero-order valence-corrected chi connectivity index (χ0v) is 44.9. The molecule has 4 N–H and O–H groups in total. The lowest BCUT2D eigenvalue weighted by Crippen LogP contribution is -2.40. The van der Waals surface area contributed by atoms with Gasteiger partial charge in [-0.15, -0.1) is 0 Å². The van der Waals surface area contributed by atoms with E-state index in [-0.39, 0.29) is 53.7 Å². The van der Waals surface area contributed by atoms with E-state index in [2.05, 4.69) is 45.1 Å². The molecule has 77 heavy (non-hydrogen) atoms. The molecule has 6 aromatic carbocycles. The summed E-state index contributed by atoms with van der Waals surface area (Å²) < 4.78 is 12.2. The molecular weight excluding hydrogens is 973 g/mol. The van der Waals surface area contributed by atoms with Crippen molar-refractivity contribution in [2.24, 2.45) is 17.6 Å². The number of benzene rings is 6. The third-order valence-corrected chi connectivity index (χ3v) is 13.1. The van der Waals surface area contributed by atoms with Crippen LogP contribution in [0, 0.1) is 25.7 Å². The largest absolute Gasteiger partial charge is 0.480 e. The van der Waals surface area contributed by atoms with Gasteiger partial charge in [-0.3, -0.25) is 33.1 Å². The molecule has 400 valence electrons. The summed E-state index contributed by atoms with van der Waals surface area (Å²) >= 11 is 0. The number of aromatic nitrogens is 4. The van der Waals surface area contributed by atoms with Gasteiger partial charge in [0.25, 0.3) is 11.1 Å². The molecule has 15 nitrogen and oxygen atoms in total. The zero-order valence-electron chi connectivity index (χ0n) is 44.9. The minimum absolute atomic E-state index is 0.0429. The molecule has 0 aliphatic rings. The molecule has 0 saturated heterocycles. The van der Waals surface area contributed by atoms with Crippen LogP contribution < -0.4 is 22.2 Å². The van der Waals surface area contributed by atoms with E-state index in [9.17, 15) is 33.9 Å². The molecule has 15 heteroatoms. The Balaban J connectivity index is 0.000000207. The fraction of sp³-hybridized carbons (Fsp3) is 0.290. The Morgan fingerprint density at radius 3 is 1.48 bits per heavy atom. The van der Waals surface area contributed by atoms with Crippen LogP contribution in [0.2, 0.25) is 0 Å². The second-order valence-electron chi connectivity index (χ2n) is 19.7. The van der Waals surface area contributed by atoms with Gasteiger partial charge in [0.2, 0.25) is 5.91 Å². The number of nitrogens with two attached hydrogens (primary N) is 1. The molecule has 0 radical (unpaired) electrons. The van der Waals surface area contributed by atoms with Crippen LogP contribution in [0.1, 0.15) is 99.8 Å². The maximum Gasteiger partial charge on any atom is 0.326 e. The Kier molecular flexibility index (Phi) is 20.5. The van der Waals surface area contributed by atoms with Crippen LogP contribution in [-0.2, 0) is 28.7 Å². The molecule has 0 unspecified atom stereocenters. The van der Waals surface area contributed by atoms with E-state index in [0.717, 1.165) is 33.4 Å². The standard InChI is InChI=1S/C31H33N3O4.C17H19NO2.C14H16N2O3/c1-20(2)16-28(34-19-32-26-15-8-7-14-25(26)31(34)37)30(36)33-27(18-29(35)38-4)23-12-9-11-22(17-23)24-13-6-5-10-21(24)3;1-12-6-3-4-9-15(12)13-7-5-8-14(10-13)16(18)11-17(19)20-2;1-9(2)7-12(14(18)19)16-8-15-11-6-4-3-5-10(11)13(16)17/h5-15,17,19-20,27-28H,16,18H2,1-4H3,(H,33,36);3-10,16H,11,18H2,1-2H3;3-6,8-9,12H,7H2,1-2H3,(H,18,19)/t27-,28-;16-;12-/m000/s1. The number of fused-ring (bicyclic) bond motifs is 2. The molecule has 0 aliphatic heterocycles. The number of carboxylic acid groups (broad SMARTS) is 1. The van der Waals surface area contributed by atoms with Crippen molar-refractivity contribution in [2.45, 2.75) is 91.4 Å². The summed E-state index contributed by atoms with van der Waals surface area (Å²) in [5.74, 6) is -1.78. The van der Waals surface area contributed by atoms with E-state index in [1.54, 1.807) is 42.5 Å². The molecule has 2 aromatic heterocycles. The average molecular weight is 1040 g/mol. The van der Waals surface area contributed by atoms with Crippen LogP contribution in [0.15, 0.2) is 168 Å². The summed E-state index contributed by atoms with van der Waals surface area (Å²) in [5.41, 5.74) is 15.0. The molecule has 8 aromatic rings. The minimum atomic E-state index is -1.01. The van der Waals surface area contributed by atoms with Crippen molar-refractivity contribution in [2.75, 3.05) is 14.2 Å². The first-order chi connectivity index (χ1) is 36.9. The highest BCUT2D eigenvalue weighted by molar-refractivity contribution is 5.83. The average Bonchev–Trinajstić information content (AvgIpc) is 3.43. The van der Waals surface area contributed by atoms with Crippen LogP contribution in [0.3, 0.4) is 0 Å². The summed E-state index contributed by atoms with van der Waals surface area (Å²) in [5, 5.41) is 13.2. The van der Waals surface area contributed by atoms with Gasteiger partial charge in [0, 0.05) is 6.04 Å². The second-order valence-corrected chi connectivity index (χ2v) is 19.7. The summed E-state index contributed by atoms with van der Waals surface area (Å²) in [7, 11) is 2.70. The van der Waals surface area contributed by atoms with Gasteiger partial charge in [0.1, 0.15) is 12.1 Å². The lowest BCUT2D eigenvalue weighted by molar-refractivity contribution is -0.142. The normalized spacial score (nSPS) is 12.6. The van der Waals surface area contributed by atoms with E-state index in [4.69, 9.17) is 10.5 Å². The number of aliphatic carboxylic acids is 1. The Morgan fingerprint density at radius 1 is 0.571 bits per heavy atom. The monoisotopic (exact) mass is 1040 g/mol. The summed E-state index contributed by atoms with van der Waals surface area (Å²) in [6, 6.07) is 43.4. The maximum atomic E-state index is 13.8. The zero-order chi connectivity index (χ0) is 55.8. The van der Waals surface area contributed by atoms with Crippen LogP contribution in [0.25, 0.3) is 44.1 Å². The fourth-order valence-corrected chi connectivity index (χ4v) is 8.99. The first-order valence-electron chi connectivity index (χ1n) is 25.6. The Bertz CT molecular complexity index is 3460. The predicted octanol–water partition coefficient (Wildman–Crippen LogP) is 10.7. The number of ether oxygens (including phenoxy) is 2. The Labute approximate surface area is 448 Å². The van der Waals surface area contributed by atoms with Gasteiger partial charge in [-0.05, 0) is 119 Å². The number of nitrogens with zero attached hydrogens (tertiary/aromatic N) is 4. The molecule has 2 heterocycles. The quantitative estimate of drug-likeness (QED) is 0.0727. The van der Waals surface area contributed by atoms with Crippen LogP contribution in [0.5, 0.6) is 0 Å². The number of hydrogen-bond acceptors (Lipinski definition) is 11. The van der Waals surface area contributed by atoms with Gasteiger partial charge in [-0.25, -0.2) is 14.8 Å². The lowest BCUT2D eigenvalue weighted by Gasteiger charge is -2.25. The SMILES string of the molecule is CC(C)C[C@@H](C(=O)O)n1cnc2ccccc2c1=O.COC(=O)C[C@H](N)c1cccc(-c2ccccc2C)c1.COC(=O)C[C@H](NC(=O)[C@H](CC(C)C)n1cnc2ccccc2c1=O)c1cccc(-c2ccccc2C)c1. The van der Waals surface area contributed by atoms with Crippen molar-refractivity contribution < 1.29 is 33.8 Å². The molecule has 0 saturated carbocycles. The third-order valence-electron chi connectivity index (χ3n) is 13.1. The lowest BCUT2D eigenvalue weighted by atomic mass is 9.95. The highest BCUT2D eigenvalue weighted by atomic mass is 16.5. The third kappa shape index (κ3) is 15.3. The second kappa shape index (κ2) is 27.3. The van der Waals surface area contributed by atoms with E-state index in [1.807, 2.05) is 120 Å². The topological polar surface area (TPSA) is 215 Å². The smallest absolute Gasteiger partial charge is 0.326 e. The number of carbonyl (C=O) groups excluding carboxylic acids is 3. The number of para-hydroxylation sites is 2. The van der Waals surface area contributed by atoms with Crippen LogP contribution >= 0.6 is 0 Å². The molecule has 1 amide bonds. The number of rotatable bonds is 17. The number of aryl methyl sites for hydroxylation is 2. The molecule has 0 fully saturated rings. The highest BCUT2D eigenvalue weighted by Gasteiger charge is 2.28. The van der Waals surface area contributed by atoms with Crippen molar-refractivity contribution in [3.05, 3.63) is 201 Å². The predicted molar refractivity (Wildman–Crippen MR) is 301 cm³/mol. The Hall–Kier alpha value is -8.56. The highest BCUT2D eigenvalue weighted by Crippen LogP contribution is 2.30. The van der Waals surface area contributed by atoms with Gasteiger partial charge in [-0.2, -0.15) is 0 Å². The number of methoxy groups -OCH3 is 2. The van der Waals surface area contributed by atoms with E-state index in [1.165, 1.54) is 47.1 Å². The van der Waals surface area contributed by atoms with Crippen molar-refractivity contribution in [3.8, 4) is 22.3 Å². The minimum Gasteiger partial charge on any atom is -0.480 e. The summed E-state index contributed by atoms with van der Waals surface area (Å²) in [6.07, 6.45) is 3.74. The first kappa shape index (κ1) is 57.7. The summed E-state index contributed by atoms with van der Waals surface area (Å²) in [6.45, 7) is 12.0. The van der Waals surface area contributed by atoms with Crippen molar-refractivity contribution in [1.82, 2.24) is 24.4 Å². The number of hydrogen-bond donors (Lipinski definition) is 3. The van der Waals surface area contributed by atoms with E-state index < -0.39 is 30.1 Å². The first-order valence-corrected chi connectivity index (χ1v) is 25.6. The number of nitrogens with one attached hydrogen (secondary N) is 1. The maximum absolute atomic E-state index is 13.8. The van der Waals surface area contributed by atoms with Crippen molar-refractivity contribution >= 4 is 45.6 Å². The van der Waals surface area contributed by atoms with Crippen molar-refractivity contribution in [3.63, 3.8) is 0 Å². The molecular formula is C62H68N6O9. The van der Waals surface area contributed by atoms with Gasteiger partial charge in [-0.1, -0.05) is 137 Å². The van der Waals surface area contributed by atoms with Gasteiger partial charge in [0.15, 0.2) is 0 Å². The molecule has 0 bridgehead atoms. The number of amides is 1.